The van der Waals surface area contributed by atoms with Crippen molar-refractivity contribution in [2.45, 2.75) is 26.4 Å². The summed E-state index contributed by atoms with van der Waals surface area (Å²) < 4.78 is 0. The molecule has 0 atom stereocenters. The Hall–Kier alpha value is -3.35. The molecule has 2 rings (SSSR count). The molecule has 0 aliphatic heterocycles. The third-order valence-electron chi connectivity index (χ3n) is 3.70. The standard InChI is InChI=1S/C20H24N4O3/c1-13(2)23-20(27)24-17-6-4-5-16(11-17)19(26)22-12-14-7-9-15(10-8-14)18(25)21-3/h4-11,13H,12H2,1-3H3,(H,21,25)(H,22,26)(H2,23,24,27). The number of nitrogens with one attached hydrogen (secondary N) is 4. The van der Waals surface area contributed by atoms with Crippen molar-refractivity contribution in [3.63, 3.8) is 0 Å². The molecule has 2 aromatic carbocycles. The first-order valence-electron chi connectivity index (χ1n) is 8.66. The highest BCUT2D eigenvalue weighted by molar-refractivity contribution is 5.97. The van der Waals surface area contributed by atoms with E-state index in [9.17, 15) is 14.4 Å². The highest BCUT2D eigenvalue weighted by atomic mass is 16.2. The van der Waals surface area contributed by atoms with Gasteiger partial charge in [0.05, 0.1) is 0 Å². The van der Waals surface area contributed by atoms with Crippen LogP contribution in [0.1, 0.15) is 40.1 Å². The number of carbonyl (C=O) groups excluding carboxylic acids is 3. The molecule has 0 heterocycles. The molecule has 0 aliphatic carbocycles. The third-order valence-corrected chi connectivity index (χ3v) is 3.70. The minimum absolute atomic E-state index is 0.0197. The SMILES string of the molecule is CNC(=O)c1ccc(CNC(=O)c2cccc(NC(=O)NC(C)C)c2)cc1. The van der Waals surface area contributed by atoms with Crippen molar-refractivity contribution in [2.75, 3.05) is 12.4 Å². The lowest BCUT2D eigenvalue weighted by Crippen LogP contribution is -2.34. The molecule has 27 heavy (non-hydrogen) atoms. The molecule has 0 saturated carbocycles. The number of amides is 4. The smallest absolute Gasteiger partial charge is 0.319 e. The average molecular weight is 368 g/mol. The number of carbonyl (C=O) groups is 3. The summed E-state index contributed by atoms with van der Waals surface area (Å²) in [6, 6.07) is 13.4. The van der Waals surface area contributed by atoms with Crippen LogP contribution in [0.4, 0.5) is 10.5 Å². The first-order valence-corrected chi connectivity index (χ1v) is 8.66. The Bertz CT molecular complexity index is 816. The molecule has 0 radical (unpaired) electrons. The van der Waals surface area contributed by atoms with Gasteiger partial charge in [0, 0.05) is 36.4 Å². The van der Waals surface area contributed by atoms with Crippen LogP contribution in [-0.4, -0.2) is 30.9 Å². The zero-order valence-corrected chi connectivity index (χ0v) is 15.6. The normalized spacial score (nSPS) is 10.2. The van der Waals surface area contributed by atoms with E-state index < -0.39 is 0 Å². The van der Waals surface area contributed by atoms with Crippen LogP contribution < -0.4 is 21.3 Å². The fourth-order valence-corrected chi connectivity index (χ4v) is 2.37. The molecule has 142 valence electrons. The lowest BCUT2D eigenvalue weighted by molar-refractivity contribution is 0.0946. The lowest BCUT2D eigenvalue weighted by atomic mass is 10.1. The Balaban J connectivity index is 1.95. The van der Waals surface area contributed by atoms with Crippen molar-refractivity contribution >= 4 is 23.5 Å². The zero-order valence-electron chi connectivity index (χ0n) is 15.6. The largest absolute Gasteiger partial charge is 0.355 e. The molecular formula is C20H24N4O3. The summed E-state index contributed by atoms with van der Waals surface area (Å²) in [4.78, 5) is 35.6. The highest BCUT2D eigenvalue weighted by Gasteiger charge is 2.09. The van der Waals surface area contributed by atoms with Gasteiger partial charge in [-0.1, -0.05) is 18.2 Å². The summed E-state index contributed by atoms with van der Waals surface area (Å²) in [5, 5.41) is 10.8. The number of anilines is 1. The van der Waals surface area contributed by atoms with E-state index in [2.05, 4.69) is 21.3 Å². The van der Waals surface area contributed by atoms with E-state index in [0.717, 1.165) is 5.56 Å². The minimum Gasteiger partial charge on any atom is -0.355 e. The summed E-state index contributed by atoms with van der Waals surface area (Å²) in [6.07, 6.45) is 0. The van der Waals surface area contributed by atoms with Crippen LogP contribution in [0, 0.1) is 0 Å². The van der Waals surface area contributed by atoms with Gasteiger partial charge in [-0.3, -0.25) is 9.59 Å². The molecule has 7 nitrogen and oxygen atoms in total. The topological polar surface area (TPSA) is 99.3 Å². The lowest BCUT2D eigenvalue weighted by Gasteiger charge is -2.11. The van der Waals surface area contributed by atoms with Gasteiger partial charge in [0.15, 0.2) is 0 Å². The van der Waals surface area contributed by atoms with Crippen LogP contribution in [0.15, 0.2) is 48.5 Å². The predicted molar refractivity (Wildman–Crippen MR) is 105 cm³/mol. The molecular weight excluding hydrogens is 344 g/mol. The Morgan fingerprint density at radius 3 is 2.26 bits per heavy atom. The Kier molecular flexibility index (Phi) is 6.93. The molecule has 2 aromatic rings. The minimum atomic E-state index is -0.321. The quantitative estimate of drug-likeness (QED) is 0.630. The second-order valence-electron chi connectivity index (χ2n) is 6.29. The van der Waals surface area contributed by atoms with Crippen LogP contribution in [0.3, 0.4) is 0 Å². The van der Waals surface area contributed by atoms with E-state index in [1.54, 1.807) is 55.6 Å². The van der Waals surface area contributed by atoms with Crippen molar-refractivity contribution < 1.29 is 14.4 Å². The van der Waals surface area contributed by atoms with Gasteiger partial charge < -0.3 is 21.3 Å². The molecule has 0 saturated heterocycles. The Morgan fingerprint density at radius 2 is 1.63 bits per heavy atom. The van der Waals surface area contributed by atoms with Gasteiger partial charge in [0.2, 0.25) is 0 Å². The molecule has 4 amide bonds. The first kappa shape index (κ1) is 20.0. The summed E-state index contributed by atoms with van der Waals surface area (Å²) in [7, 11) is 1.58. The van der Waals surface area contributed by atoms with Gasteiger partial charge in [-0.25, -0.2) is 4.79 Å². The van der Waals surface area contributed by atoms with Crippen molar-refractivity contribution in [2.24, 2.45) is 0 Å². The molecule has 0 spiro atoms. The average Bonchev–Trinajstić information content (AvgIpc) is 2.65. The molecule has 0 aromatic heterocycles. The highest BCUT2D eigenvalue weighted by Crippen LogP contribution is 2.11. The van der Waals surface area contributed by atoms with Crippen molar-refractivity contribution in [1.29, 1.82) is 0 Å². The molecule has 4 N–H and O–H groups in total. The molecule has 7 heteroatoms. The van der Waals surface area contributed by atoms with E-state index in [4.69, 9.17) is 0 Å². The number of hydrogen-bond acceptors (Lipinski definition) is 3. The summed E-state index contributed by atoms with van der Waals surface area (Å²) in [6.45, 7) is 4.06. The van der Waals surface area contributed by atoms with E-state index in [0.29, 0.717) is 23.4 Å². The molecule has 0 fully saturated rings. The van der Waals surface area contributed by atoms with Crippen molar-refractivity contribution in [3.8, 4) is 0 Å². The summed E-state index contributed by atoms with van der Waals surface area (Å²) >= 11 is 0. The van der Waals surface area contributed by atoms with Gasteiger partial charge in [-0.15, -0.1) is 0 Å². The van der Waals surface area contributed by atoms with Crippen LogP contribution in [0.25, 0.3) is 0 Å². The zero-order chi connectivity index (χ0) is 19.8. The third kappa shape index (κ3) is 6.14. The van der Waals surface area contributed by atoms with Crippen LogP contribution in [0.2, 0.25) is 0 Å². The summed E-state index contributed by atoms with van der Waals surface area (Å²) in [5.74, 6) is -0.408. The Morgan fingerprint density at radius 1 is 0.926 bits per heavy atom. The first-order chi connectivity index (χ1) is 12.9. The second-order valence-corrected chi connectivity index (χ2v) is 6.29. The maximum atomic E-state index is 12.4. The fourth-order valence-electron chi connectivity index (χ4n) is 2.37. The van der Waals surface area contributed by atoms with Gasteiger partial charge in [-0.2, -0.15) is 0 Å². The number of hydrogen-bond donors (Lipinski definition) is 4. The molecule has 0 bridgehead atoms. The number of rotatable bonds is 6. The van der Waals surface area contributed by atoms with E-state index in [-0.39, 0.29) is 23.9 Å². The predicted octanol–water partition coefficient (Wildman–Crippen LogP) is 2.51. The van der Waals surface area contributed by atoms with Gasteiger partial charge in [0.1, 0.15) is 0 Å². The van der Waals surface area contributed by atoms with Gasteiger partial charge in [0.25, 0.3) is 11.8 Å². The van der Waals surface area contributed by atoms with Crippen molar-refractivity contribution in [3.05, 3.63) is 65.2 Å². The fraction of sp³-hybridized carbons (Fsp3) is 0.250. The maximum absolute atomic E-state index is 12.4. The van der Waals surface area contributed by atoms with Crippen LogP contribution in [-0.2, 0) is 6.54 Å². The monoisotopic (exact) mass is 368 g/mol. The molecule has 0 aliphatic rings. The molecule has 0 unspecified atom stereocenters. The summed E-state index contributed by atoms with van der Waals surface area (Å²) in [5.41, 5.74) is 2.42. The van der Waals surface area contributed by atoms with Crippen molar-refractivity contribution in [1.82, 2.24) is 16.0 Å². The Labute approximate surface area is 158 Å². The van der Waals surface area contributed by atoms with E-state index in [1.165, 1.54) is 0 Å². The van der Waals surface area contributed by atoms with Crippen LogP contribution >= 0.6 is 0 Å². The maximum Gasteiger partial charge on any atom is 0.319 e. The van der Waals surface area contributed by atoms with Gasteiger partial charge in [-0.05, 0) is 49.7 Å². The number of urea groups is 1. The van der Waals surface area contributed by atoms with Crippen LogP contribution in [0.5, 0.6) is 0 Å². The van der Waals surface area contributed by atoms with Gasteiger partial charge >= 0.3 is 6.03 Å². The van der Waals surface area contributed by atoms with E-state index >= 15 is 0 Å². The second kappa shape index (κ2) is 9.38. The van der Waals surface area contributed by atoms with E-state index in [1.807, 2.05) is 13.8 Å². The number of benzene rings is 2.